The molecule has 1 amide bonds. The second kappa shape index (κ2) is 8.30. The monoisotopic (exact) mass is 338 g/mol. The molecule has 0 aliphatic rings. The van der Waals surface area contributed by atoms with Gasteiger partial charge in [0.1, 0.15) is 0 Å². The molecule has 0 saturated heterocycles. The molecular weight excluding hydrogens is 308 g/mol. The third kappa shape index (κ3) is 4.10. The Morgan fingerprint density at radius 1 is 0.840 bits per heavy atom. The molecule has 3 nitrogen and oxygen atoms in total. The first kappa shape index (κ1) is 19.2. The van der Waals surface area contributed by atoms with Crippen LogP contribution in [0.2, 0.25) is 0 Å². The molecule has 2 rings (SSSR count). The van der Waals surface area contributed by atoms with Crippen molar-refractivity contribution in [3.8, 4) is 0 Å². The Morgan fingerprint density at radius 2 is 1.28 bits per heavy atom. The van der Waals surface area contributed by atoms with Crippen LogP contribution in [0.3, 0.4) is 0 Å². The van der Waals surface area contributed by atoms with Crippen LogP contribution < -0.4 is 11.5 Å². The number of carbonyl (C=O) groups is 1. The Morgan fingerprint density at radius 3 is 1.64 bits per heavy atom. The van der Waals surface area contributed by atoms with Gasteiger partial charge in [-0.1, -0.05) is 74.5 Å². The van der Waals surface area contributed by atoms with Crippen molar-refractivity contribution in [2.24, 2.45) is 11.5 Å². The summed E-state index contributed by atoms with van der Waals surface area (Å²) >= 11 is 0. The Labute approximate surface area is 151 Å². The minimum absolute atomic E-state index is 0.170. The summed E-state index contributed by atoms with van der Waals surface area (Å²) in [7, 11) is 0. The maximum atomic E-state index is 12.7. The fourth-order valence-corrected chi connectivity index (χ4v) is 3.62. The lowest BCUT2D eigenvalue weighted by Gasteiger charge is -2.34. The molecule has 0 aromatic heterocycles. The first-order valence-electron chi connectivity index (χ1n) is 9.18. The number of benzene rings is 2. The van der Waals surface area contributed by atoms with Crippen molar-refractivity contribution < 1.29 is 4.79 Å². The van der Waals surface area contributed by atoms with Gasteiger partial charge in [-0.25, -0.2) is 0 Å². The number of hydrogen-bond acceptors (Lipinski definition) is 2. The van der Waals surface area contributed by atoms with Gasteiger partial charge < -0.3 is 11.5 Å². The van der Waals surface area contributed by atoms with E-state index >= 15 is 0 Å². The van der Waals surface area contributed by atoms with E-state index in [2.05, 4.69) is 13.8 Å². The number of hydrogen-bond donors (Lipinski definition) is 2. The highest BCUT2D eigenvalue weighted by atomic mass is 16.1. The third-order valence-electron chi connectivity index (χ3n) is 5.59. The maximum Gasteiger partial charge on any atom is 0.232 e. The van der Waals surface area contributed by atoms with Gasteiger partial charge >= 0.3 is 0 Å². The van der Waals surface area contributed by atoms with Crippen molar-refractivity contribution in [3.05, 3.63) is 71.8 Å². The highest BCUT2D eigenvalue weighted by Crippen LogP contribution is 2.38. The molecule has 0 fully saturated rings. The van der Waals surface area contributed by atoms with Crippen molar-refractivity contribution in [1.29, 1.82) is 0 Å². The normalized spacial score (nSPS) is 12.1. The summed E-state index contributed by atoms with van der Waals surface area (Å²) < 4.78 is 0. The average Bonchev–Trinajstić information content (AvgIpc) is 2.66. The van der Waals surface area contributed by atoms with E-state index in [1.54, 1.807) is 0 Å². The number of amides is 1. The van der Waals surface area contributed by atoms with Gasteiger partial charge in [0, 0.05) is 5.54 Å². The van der Waals surface area contributed by atoms with Crippen molar-refractivity contribution >= 4 is 5.91 Å². The largest absolute Gasteiger partial charge is 0.369 e. The minimum atomic E-state index is -0.815. The van der Waals surface area contributed by atoms with Crippen LogP contribution in [0, 0.1) is 0 Å². The molecule has 2 aromatic carbocycles. The lowest BCUT2D eigenvalue weighted by Crippen LogP contribution is -2.43. The highest BCUT2D eigenvalue weighted by molar-refractivity contribution is 5.90. The second-order valence-corrected chi connectivity index (χ2v) is 6.92. The molecule has 134 valence electrons. The van der Waals surface area contributed by atoms with Crippen LogP contribution in [0.25, 0.3) is 0 Å². The lowest BCUT2D eigenvalue weighted by molar-refractivity contribution is -0.122. The van der Waals surface area contributed by atoms with E-state index < -0.39 is 5.41 Å². The van der Waals surface area contributed by atoms with Crippen LogP contribution in [-0.2, 0) is 10.2 Å². The summed E-state index contributed by atoms with van der Waals surface area (Å²) in [6.07, 6.45) is 4.27. The van der Waals surface area contributed by atoms with E-state index in [0.29, 0.717) is 6.42 Å². The predicted octanol–water partition coefficient (Wildman–Crippen LogP) is 4.15. The van der Waals surface area contributed by atoms with E-state index in [4.69, 9.17) is 11.5 Å². The molecule has 25 heavy (non-hydrogen) atoms. The minimum Gasteiger partial charge on any atom is -0.369 e. The Bertz CT molecular complexity index is 623. The quantitative estimate of drug-likeness (QED) is 0.721. The van der Waals surface area contributed by atoms with Crippen LogP contribution in [0.15, 0.2) is 60.7 Å². The first-order valence-corrected chi connectivity index (χ1v) is 9.18. The van der Waals surface area contributed by atoms with E-state index in [-0.39, 0.29) is 11.4 Å². The fourth-order valence-electron chi connectivity index (χ4n) is 3.62. The van der Waals surface area contributed by atoms with Crippen LogP contribution in [0.1, 0.15) is 57.1 Å². The van der Waals surface area contributed by atoms with Crippen LogP contribution in [0.5, 0.6) is 0 Å². The zero-order chi connectivity index (χ0) is 18.3. The molecular formula is C22H30N2O. The Balaban J connectivity index is 2.40. The number of carbonyl (C=O) groups excluding carboxylic acids is 1. The molecule has 0 aliphatic carbocycles. The Hall–Kier alpha value is -2.13. The smallest absolute Gasteiger partial charge is 0.232 e. The molecule has 0 aliphatic heterocycles. The van der Waals surface area contributed by atoms with Crippen molar-refractivity contribution in [2.75, 3.05) is 0 Å². The molecule has 0 bridgehead atoms. The van der Waals surface area contributed by atoms with Gasteiger partial charge in [-0.05, 0) is 43.2 Å². The number of rotatable bonds is 9. The van der Waals surface area contributed by atoms with Crippen molar-refractivity contribution in [3.63, 3.8) is 0 Å². The summed E-state index contributed by atoms with van der Waals surface area (Å²) in [5.41, 5.74) is 13.4. The zero-order valence-corrected chi connectivity index (χ0v) is 15.4. The highest BCUT2D eigenvalue weighted by Gasteiger charge is 2.40. The van der Waals surface area contributed by atoms with E-state index in [0.717, 1.165) is 36.8 Å². The molecule has 0 saturated carbocycles. The zero-order valence-electron chi connectivity index (χ0n) is 15.4. The molecule has 0 spiro atoms. The second-order valence-electron chi connectivity index (χ2n) is 6.92. The van der Waals surface area contributed by atoms with Crippen LogP contribution in [0.4, 0.5) is 0 Å². The molecule has 0 heterocycles. The summed E-state index contributed by atoms with van der Waals surface area (Å²) in [5.74, 6) is -0.305. The first-order chi connectivity index (χ1) is 12.0. The topological polar surface area (TPSA) is 69.1 Å². The Kier molecular flexibility index (Phi) is 6.38. The molecule has 0 atom stereocenters. The summed E-state index contributed by atoms with van der Waals surface area (Å²) in [6.45, 7) is 4.25. The molecule has 4 N–H and O–H groups in total. The van der Waals surface area contributed by atoms with Gasteiger partial charge in [-0.2, -0.15) is 0 Å². The lowest BCUT2D eigenvalue weighted by atomic mass is 9.69. The molecule has 2 aromatic rings. The number of nitrogens with two attached hydrogens (primary N) is 2. The van der Waals surface area contributed by atoms with Gasteiger partial charge in [0.2, 0.25) is 5.91 Å². The fraction of sp³-hybridized carbons (Fsp3) is 0.409. The van der Waals surface area contributed by atoms with Crippen molar-refractivity contribution in [1.82, 2.24) is 0 Å². The number of primary amides is 1. The van der Waals surface area contributed by atoms with E-state index in [9.17, 15) is 4.79 Å². The molecule has 3 heteroatoms. The molecule has 0 radical (unpaired) electrons. The SMILES string of the molecule is CCC(N)(CC)CCCC(C(N)=O)(c1ccccc1)c1ccccc1. The van der Waals surface area contributed by atoms with Gasteiger partial charge in [0.05, 0.1) is 5.41 Å². The maximum absolute atomic E-state index is 12.7. The van der Waals surface area contributed by atoms with Crippen molar-refractivity contribution in [2.45, 2.75) is 56.9 Å². The summed E-state index contributed by atoms with van der Waals surface area (Å²) in [5, 5.41) is 0. The summed E-state index contributed by atoms with van der Waals surface area (Å²) in [6, 6.07) is 19.7. The third-order valence-corrected chi connectivity index (χ3v) is 5.59. The summed E-state index contributed by atoms with van der Waals surface area (Å²) in [4.78, 5) is 12.7. The van der Waals surface area contributed by atoms with Gasteiger partial charge in [-0.15, -0.1) is 0 Å². The van der Waals surface area contributed by atoms with Gasteiger partial charge in [-0.3, -0.25) is 4.79 Å². The predicted molar refractivity (Wildman–Crippen MR) is 104 cm³/mol. The standard InChI is InChI=1S/C22H30N2O/c1-3-21(24,4-2)16-11-17-22(20(23)25,18-12-7-5-8-13-18)19-14-9-6-10-15-19/h5-10,12-15H,3-4,11,16-17,24H2,1-2H3,(H2,23,25). The van der Waals surface area contributed by atoms with Gasteiger partial charge in [0.25, 0.3) is 0 Å². The van der Waals surface area contributed by atoms with E-state index in [1.807, 2.05) is 60.7 Å². The van der Waals surface area contributed by atoms with E-state index in [1.165, 1.54) is 0 Å². The molecule has 0 unspecified atom stereocenters. The average molecular weight is 338 g/mol. The van der Waals surface area contributed by atoms with Crippen LogP contribution >= 0.6 is 0 Å². The van der Waals surface area contributed by atoms with Gasteiger partial charge in [0.15, 0.2) is 0 Å². The van der Waals surface area contributed by atoms with Crippen LogP contribution in [-0.4, -0.2) is 11.4 Å².